The minimum atomic E-state index is -5.08. The summed E-state index contributed by atoms with van der Waals surface area (Å²) in [4.78, 5) is 110. The van der Waals surface area contributed by atoms with Gasteiger partial charge in [0.2, 0.25) is 17.7 Å². The summed E-state index contributed by atoms with van der Waals surface area (Å²) in [5, 5.41) is 48.9. The number of aliphatic hydroxyl groups excluding tert-OH is 1. The minimum Gasteiger partial charge on any atom is -0.508 e. The van der Waals surface area contributed by atoms with Crippen molar-refractivity contribution in [3.05, 3.63) is 112 Å². The largest absolute Gasteiger partial charge is 0.508 e. The van der Waals surface area contributed by atoms with Gasteiger partial charge in [-0.25, -0.2) is 24.4 Å². The number of carbonyl (C=O) groups excluding carboxylic acids is 6. The van der Waals surface area contributed by atoms with Crippen molar-refractivity contribution in [2.24, 2.45) is 0 Å². The number of phenolic OH excluding ortho intramolecular Hbond substituents is 1. The van der Waals surface area contributed by atoms with E-state index in [1.54, 1.807) is 37.3 Å². The van der Waals surface area contributed by atoms with Crippen LogP contribution in [-0.4, -0.2) is 135 Å². The molecule has 0 bridgehead atoms. The first-order chi connectivity index (χ1) is 42.2. The number of phosphoric acid groups is 1. The Morgan fingerprint density at radius 3 is 2.06 bits per heavy atom. The number of alkyl carbamates (subject to hydrolysis) is 1. The van der Waals surface area contributed by atoms with Gasteiger partial charge in [-0.2, -0.15) is 18.1 Å². The van der Waals surface area contributed by atoms with Crippen molar-refractivity contribution in [2.45, 2.75) is 129 Å². The molecule has 2 fully saturated rings. The molecule has 28 heteroatoms. The molecular weight excluding hydrogens is 1220 g/mol. The SMILES string of the molecule is CC(=O)CCCCCCNC(=O)COCC(=O)NCCCCCCNC(=O)CNC(=O)OCC1OC(n2cnc3cc(C)c(C)cc32)C(O)C1OP(=O)(O)O.N#C[C-]1CCCC1.O=C(OO)c1ccccc1-c1c2ccc(=O)cc-2oc2cc(O)ccc12.[Co]. The molecule has 3 aromatic carbocycles. The number of hydrogen-bond donors (Lipinski definition) is 9. The number of Topliss-reactive ketones (excluding diaryl/α,β-unsaturated/α-hetero) is 1. The van der Waals surface area contributed by atoms with Gasteiger partial charge in [0.15, 0.2) is 11.7 Å². The maximum atomic E-state index is 12.3. The van der Waals surface area contributed by atoms with Crippen molar-refractivity contribution in [2.75, 3.05) is 46.0 Å². The van der Waals surface area contributed by atoms with Crippen molar-refractivity contribution in [3.8, 4) is 34.3 Å². The Hall–Kier alpha value is -7.74. The number of nitriles is 1. The number of phenols is 1. The second kappa shape index (κ2) is 36.0. The van der Waals surface area contributed by atoms with Crippen LogP contribution >= 0.6 is 7.82 Å². The Morgan fingerprint density at radius 1 is 0.809 bits per heavy atom. The minimum absolute atomic E-state index is 0. The number of phosphoric ester groups is 1. The molecule has 1 saturated heterocycles. The van der Waals surface area contributed by atoms with E-state index in [2.05, 4.69) is 37.2 Å². The smallest absolute Gasteiger partial charge is 0.470 e. The van der Waals surface area contributed by atoms with Gasteiger partial charge in [-0.1, -0.05) is 56.7 Å². The topological polar surface area (TPSA) is 387 Å². The average Bonchev–Trinajstić information content (AvgIpc) is 1.20. The van der Waals surface area contributed by atoms with E-state index >= 15 is 0 Å². The van der Waals surface area contributed by atoms with Crippen molar-refractivity contribution < 1.29 is 103 Å². The summed E-state index contributed by atoms with van der Waals surface area (Å²) in [6.07, 6.45) is 6.56. The summed E-state index contributed by atoms with van der Waals surface area (Å²) in [6.45, 7) is 5.34. The van der Waals surface area contributed by atoms with Gasteiger partial charge in [-0.15, -0.1) is 6.07 Å². The van der Waals surface area contributed by atoms with Gasteiger partial charge in [0, 0.05) is 71.5 Å². The van der Waals surface area contributed by atoms with Crippen LogP contribution in [-0.2, 0) is 64.1 Å². The number of aliphatic hydroxyl groups is 1. The first-order valence-electron chi connectivity index (χ1n) is 28.8. The van der Waals surface area contributed by atoms with E-state index in [9.17, 15) is 58.1 Å². The number of aromatic hydroxyl groups is 1. The fourth-order valence-electron chi connectivity index (χ4n) is 9.75. The maximum absolute atomic E-state index is 12.3. The number of carbonyl (C=O) groups is 6. The summed E-state index contributed by atoms with van der Waals surface area (Å²) >= 11 is 0. The van der Waals surface area contributed by atoms with E-state index in [4.69, 9.17) is 33.7 Å². The van der Waals surface area contributed by atoms with Crippen LogP contribution in [0.2, 0.25) is 0 Å². The maximum Gasteiger partial charge on any atom is 0.470 e. The third-order valence-corrected chi connectivity index (χ3v) is 14.9. The van der Waals surface area contributed by atoms with Crippen LogP contribution < -0.4 is 26.7 Å². The number of ether oxygens (including phenoxy) is 3. The molecule has 2 aliphatic carbocycles. The van der Waals surface area contributed by atoms with E-state index in [-0.39, 0.29) is 64.3 Å². The zero-order valence-electron chi connectivity index (χ0n) is 49.5. The van der Waals surface area contributed by atoms with Crippen LogP contribution in [0, 0.1) is 31.1 Å². The van der Waals surface area contributed by atoms with Crippen molar-refractivity contribution in [3.63, 3.8) is 0 Å². The molecule has 4 unspecified atom stereocenters. The molecular formula is C61H75CoN7O19P-. The zero-order valence-corrected chi connectivity index (χ0v) is 51.5. The molecule has 1 aromatic heterocycles. The van der Waals surface area contributed by atoms with Gasteiger partial charge in [0.25, 0.3) is 0 Å². The fraction of sp³-hybridized carbons (Fsp3) is 0.443. The van der Waals surface area contributed by atoms with Crippen LogP contribution in [0.15, 0.2) is 88.3 Å². The molecule has 4 aromatic rings. The Labute approximate surface area is 523 Å². The van der Waals surface area contributed by atoms with Gasteiger partial charge in [0.1, 0.15) is 61.0 Å². The summed E-state index contributed by atoms with van der Waals surface area (Å²) in [5.74, 6) is -0.375. The van der Waals surface area contributed by atoms with Crippen LogP contribution in [0.4, 0.5) is 4.79 Å². The number of ketones is 1. The summed E-state index contributed by atoms with van der Waals surface area (Å²) in [5.41, 5.74) is 5.21. The molecule has 9 N–H and O–H groups in total. The van der Waals surface area contributed by atoms with Crippen LogP contribution in [0.1, 0.15) is 118 Å². The molecule has 483 valence electrons. The second-order valence-corrected chi connectivity index (χ2v) is 22.3. The quantitative estimate of drug-likeness (QED) is 0.00618. The van der Waals surface area contributed by atoms with E-state index in [0.29, 0.717) is 83.3 Å². The van der Waals surface area contributed by atoms with Gasteiger partial charge in [-0.3, -0.25) is 34.5 Å². The Morgan fingerprint density at radius 2 is 1.44 bits per heavy atom. The van der Waals surface area contributed by atoms with Gasteiger partial charge in [0.05, 0.1) is 29.5 Å². The molecule has 4 atom stereocenters. The number of rotatable bonds is 27. The first-order valence-corrected chi connectivity index (χ1v) is 30.4. The molecule has 1 saturated carbocycles. The molecule has 4 aliphatic rings. The third kappa shape index (κ3) is 22.7. The number of amides is 4. The van der Waals surface area contributed by atoms with E-state index in [1.807, 2.05) is 26.0 Å². The Bertz CT molecular complexity index is 3470. The number of fused-ring (bicyclic) bond motifs is 3. The summed E-state index contributed by atoms with van der Waals surface area (Å²) in [7, 11) is -5.08. The molecule has 8 rings (SSSR count). The normalized spacial score (nSPS) is 16.0. The molecule has 3 heterocycles. The first kappa shape index (κ1) is 72.0. The third-order valence-electron chi connectivity index (χ3n) is 14.3. The molecule has 89 heavy (non-hydrogen) atoms. The number of nitrogens with one attached hydrogen (secondary N) is 4. The van der Waals surface area contributed by atoms with Crippen LogP contribution in [0.25, 0.3) is 44.5 Å². The zero-order chi connectivity index (χ0) is 63.8. The fourth-order valence-corrected chi connectivity index (χ4v) is 10.3. The number of nitrogens with zero attached hydrogens (tertiary/aromatic N) is 3. The van der Waals surface area contributed by atoms with E-state index in [0.717, 1.165) is 68.4 Å². The van der Waals surface area contributed by atoms with Crippen molar-refractivity contribution in [1.29, 1.82) is 5.26 Å². The second-order valence-electron chi connectivity index (χ2n) is 21.1. The van der Waals surface area contributed by atoms with Gasteiger partial charge >= 0.3 is 19.9 Å². The molecule has 2 aliphatic heterocycles. The average molecular weight is 1300 g/mol. The number of aromatic nitrogens is 2. The number of hydrogen-bond acceptors (Lipinski definition) is 19. The van der Waals surface area contributed by atoms with Gasteiger partial charge in [-0.05, 0) is 106 Å². The number of aryl methyl sites for hydroxylation is 2. The number of imidazole rings is 1. The predicted octanol–water partition coefficient (Wildman–Crippen LogP) is 7.14. The Kier molecular flexibility index (Phi) is 29.2. The predicted molar refractivity (Wildman–Crippen MR) is 319 cm³/mol. The monoisotopic (exact) mass is 1300 g/mol. The molecule has 1 radical (unpaired) electrons. The van der Waals surface area contributed by atoms with Crippen LogP contribution in [0.5, 0.6) is 5.75 Å². The van der Waals surface area contributed by atoms with E-state index in [1.165, 1.54) is 54.1 Å². The summed E-state index contributed by atoms with van der Waals surface area (Å²) in [6, 6.07) is 21.5. The Balaban J connectivity index is 0.000000344. The number of unbranched alkanes of at least 4 members (excludes halogenated alkanes) is 6. The van der Waals surface area contributed by atoms with Crippen molar-refractivity contribution in [1.82, 2.24) is 30.8 Å². The number of benzene rings is 4. The van der Waals surface area contributed by atoms with Gasteiger partial charge < -0.3 is 69.3 Å². The van der Waals surface area contributed by atoms with E-state index < -0.39 is 63.5 Å². The molecule has 4 amide bonds. The molecule has 26 nitrogen and oxygen atoms in total. The van der Waals surface area contributed by atoms with Crippen molar-refractivity contribution >= 4 is 65.4 Å². The standard InChI is InChI=1S/C35H55N6O13P.C20H12O6.C6H8N.Co/c1-23-16-26-27(17-24(23)2)41(22-40-26)34-32(46)33(54-55(48,49)50)28(53-34)19-52-35(47)39-18-29(43)36-13-10-6-7-11-15-38-31(45)21-51-20-30(44)37-14-9-5-4-8-12-25(3)42;21-11-5-7-15-17(9-11)25-18-10-12(22)6-8-16(18)19(15)13-3-1-2-4-14(13)20(23)26-24;7-5-6-3-1-2-4-6;/h16-17,22,28,32-34,46H,4-15,18-21H2,1-3H3,(H,36,43)(H,37,44)(H,38,45)(H,39,47)(H2,48,49,50);1-10,21,24H;1-4H2;/q;;-1;. The molecule has 0 spiro atoms. The van der Waals surface area contributed by atoms with Crippen LogP contribution in [0.3, 0.4) is 0 Å². The summed E-state index contributed by atoms with van der Waals surface area (Å²) < 4.78 is 39.9.